The average molecular weight is 547 g/mol. The van der Waals surface area contributed by atoms with Crippen molar-refractivity contribution in [3.63, 3.8) is 0 Å². The van der Waals surface area contributed by atoms with Crippen LogP contribution >= 0.6 is 23.1 Å². The summed E-state index contributed by atoms with van der Waals surface area (Å²) in [5.41, 5.74) is 5.61. The third-order valence-corrected chi connectivity index (χ3v) is 7.86. The van der Waals surface area contributed by atoms with E-state index in [0.717, 1.165) is 15.0 Å². The van der Waals surface area contributed by atoms with E-state index in [1.165, 1.54) is 22.1 Å². The van der Waals surface area contributed by atoms with Gasteiger partial charge in [-0.25, -0.2) is 9.97 Å². The SMILES string of the molecule is N=C(SC(=N)c1ccccc1)C(=O)Nc1cnc2n(c1=O)[C@H](C(=O)NCc1cc3cnc(N)cc3s1)CC2. The van der Waals surface area contributed by atoms with Gasteiger partial charge in [0.25, 0.3) is 11.5 Å². The highest BCUT2D eigenvalue weighted by Crippen LogP contribution is 2.27. The van der Waals surface area contributed by atoms with E-state index in [0.29, 0.717) is 41.8 Å². The van der Waals surface area contributed by atoms with Crippen LogP contribution < -0.4 is 21.9 Å². The van der Waals surface area contributed by atoms with E-state index in [1.807, 2.05) is 6.07 Å². The van der Waals surface area contributed by atoms with Crippen molar-refractivity contribution < 1.29 is 9.59 Å². The van der Waals surface area contributed by atoms with Gasteiger partial charge in [0, 0.05) is 33.1 Å². The molecule has 1 atom stereocenters. The van der Waals surface area contributed by atoms with Gasteiger partial charge in [-0.05, 0) is 30.3 Å². The number of carbonyl (C=O) groups is 2. The molecule has 1 aliphatic rings. The van der Waals surface area contributed by atoms with E-state index in [-0.39, 0.29) is 23.2 Å². The minimum absolute atomic E-state index is 0.0321. The standard InChI is InChI=1S/C25H22N8O3S2/c26-19-9-18-14(10-29-19)8-15(37-18)11-31-23(34)17-6-7-20-30-12-16(25(36)33(17)20)32-24(35)22(28)38-21(27)13-4-2-1-3-5-13/h1-5,8-10,12,17,27-28H,6-7,11H2,(H2,26,29)(H,31,34)(H,32,35)/t17-/m0/s1. The monoisotopic (exact) mass is 546 g/mol. The summed E-state index contributed by atoms with van der Waals surface area (Å²) in [5.74, 6) is -0.290. The molecule has 0 radical (unpaired) electrons. The van der Waals surface area contributed by atoms with Crippen molar-refractivity contribution in [2.24, 2.45) is 0 Å². The molecule has 0 fully saturated rings. The molecule has 0 aliphatic carbocycles. The fourth-order valence-corrected chi connectivity index (χ4v) is 5.72. The van der Waals surface area contributed by atoms with E-state index < -0.39 is 22.6 Å². The molecule has 4 aromatic rings. The average Bonchev–Trinajstić information content (AvgIpc) is 3.53. The topological polar surface area (TPSA) is 180 Å². The Hall–Kier alpha value is -4.36. The van der Waals surface area contributed by atoms with Crippen LogP contribution in [-0.4, -0.2) is 36.4 Å². The smallest absolute Gasteiger partial charge is 0.280 e. The van der Waals surface area contributed by atoms with Gasteiger partial charge in [0.2, 0.25) is 5.91 Å². The summed E-state index contributed by atoms with van der Waals surface area (Å²) in [6, 6.07) is 11.7. The van der Waals surface area contributed by atoms with E-state index in [9.17, 15) is 14.4 Å². The number of thioether (sulfide) groups is 1. The maximum Gasteiger partial charge on any atom is 0.280 e. The quantitative estimate of drug-likeness (QED) is 0.188. The first-order valence-corrected chi connectivity index (χ1v) is 13.2. The lowest BCUT2D eigenvalue weighted by atomic mass is 10.2. The molecular weight excluding hydrogens is 524 g/mol. The molecule has 0 spiro atoms. The lowest BCUT2D eigenvalue weighted by molar-refractivity contribution is -0.124. The number of nitrogen functional groups attached to an aromatic ring is 1. The molecule has 0 saturated heterocycles. The van der Waals surface area contributed by atoms with Crippen LogP contribution in [0.25, 0.3) is 10.1 Å². The molecule has 11 nitrogen and oxygen atoms in total. The first kappa shape index (κ1) is 25.3. The number of amides is 2. The largest absolute Gasteiger partial charge is 0.384 e. The van der Waals surface area contributed by atoms with E-state index in [1.54, 1.807) is 42.6 Å². The predicted octanol–water partition coefficient (Wildman–Crippen LogP) is 2.91. The van der Waals surface area contributed by atoms with Crippen molar-refractivity contribution in [1.29, 1.82) is 10.8 Å². The molecule has 6 N–H and O–H groups in total. The Balaban J connectivity index is 1.26. The molecule has 0 unspecified atom stereocenters. The number of hydrogen-bond acceptors (Lipinski definition) is 10. The highest BCUT2D eigenvalue weighted by atomic mass is 32.2. The fraction of sp³-hybridized carbons (Fsp3) is 0.160. The van der Waals surface area contributed by atoms with Crippen molar-refractivity contribution in [1.82, 2.24) is 19.9 Å². The number of fused-ring (bicyclic) bond motifs is 2. The maximum atomic E-state index is 13.2. The number of thiophene rings is 1. The molecule has 1 aliphatic heterocycles. The van der Waals surface area contributed by atoms with Crippen LogP contribution in [0.3, 0.4) is 0 Å². The van der Waals surface area contributed by atoms with Gasteiger partial charge in [-0.15, -0.1) is 11.3 Å². The number of pyridine rings is 1. The van der Waals surface area contributed by atoms with Gasteiger partial charge in [-0.2, -0.15) is 0 Å². The zero-order chi connectivity index (χ0) is 26.8. The second-order valence-corrected chi connectivity index (χ2v) is 10.7. The van der Waals surface area contributed by atoms with Crippen LogP contribution in [0.2, 0.25) is 0 Å². The molecule has 0 bridgehead atoms. The summed E-state index contributed by atoms with van der Waals surface area (Å²) in [6.07, 6.45) is 3.76. The van der Waals surface area contributed by atoms with Gasteiger partial charge < -0.3 is 16.4 Å². The number of hydrogen-bond donors (Lipinski definition) is 5. The zero-order valence-corrected chi connectivity index (χ0v) is 21.5. The minimum atomic E-state index is -0.839. The molecule has 0 saturated carbocycles. The van der Waals surface area contributed by atoms with Crippen molar-refractivity contribution in [2.75, 3.05) is 11.1 Å². The Kier molecular flexibility index (Phi) is 7.03. The van der Waals surface area contributed by atoms with Crippen LogP contribution in [0.15, 0.2) is 59.7 Å². The summed E-state index contributed by atoms with van der Waals surface area (Å²) >= 11 is 2.17. The van der Waals surface area contributed by atoms with Crippen LogP contribution in [0.1, 0.15) is 28.7 Å². The number of anilines is 2. The summed E-state index contributed by atoms with van der Waals surface area (Å²) in [6.45, 7) is 0.282. The van der Waals surface area contributed by atoms with Crippen molar-refractivity contribution in [2.45, 2.75) is 25.4 Å². The molecule has 4 heterocycles. The summed E-state index contributed by atoms with van der Waals surface area (Å²) in [7, 11) is 0. The molecule has 1 aromatic carbocycles. The first-order chi connectivity index (χ1) is 18.3. The predicted molar refractivity (Wildman–Crippen MR) is 149 cm³/mol. The second kappa shape index (κ2) is 10.6. The van der Waals surface area contributed by atoms with Gasteiger partial charge in [-0.3, -0.25) is 29.8 Å². The number of nitrogens with one attached hydrogen (secondary N) is 4. The summed E-state index contributed by atoms with van der Waals surface area (Å²) in [5, 5.41) is 22.0. The lowest BCUT2D eigenvalue weighted by Gasteiger charge is -2.15. The van der Waals surface area contributed by atoms with E-state index in [2.05, 4.69) is 20.6 Å². The van der Waals surface area contributed by atoms with Gasteiger partial charge in [0.15, 0.2) is 5.04 Å². The third-order valence-electron chi connectivity index (χ3n) is 5.93. The van der Waals surface area contributed by atoms with E-state index in [4.69, 9.17) is 16.6 Å². The third kappa shape index (κ3) is 5.19. The van der Waals surface area contributed by atoms with Crippen LogP contribution in [0.4, 0.5) is 11.5 Å². The van der Waals surface area contributed by atoms with Gasteiger partial charge >= 0.3 is 0 Å². The minimum Gasteiger partial charge on any atom is -0.384 e. The number of benzene rings is 1. The number of rotatable bonds is 5. The Morgan fingerprint density at radius 3 is 2.74 bits per heavy atom. The second-order valence-electron chi connectivity index (χ2n) is 8.48. The number of nitrogens with two attached hydrogens (primary N) is 1. The van der Waals surface area contributed by atoms with Crippen LogP contribution in [0, 0.1) is 10.8 Å². The molecular formula is C25H22N8O3S2. The van der Waals surface area contributed by atoms with Gasteiger partial charge in [0.05, 0.1) is 12.7 Å². The van der Waals surface area contributed by atoms with Crippen molar-refractivity contribution in [3.8, 4) is 0 Å². The Morgan fingerprint density at radius 2 is 1.95 bits per heavy atom. The Bertz CT molecular complexity index is 1650. The van der Waals surface area contributed by atoms with Crippen LogP contribution in [-0.2, 0) is 22.6 Å². The first-order valence-electron chi connectivity index (χ1n) is 11.5. The summed E-state index contributed by atoms with van der Waals surface area (Å²) in [4.78, 5) is 48.1. The highest BCUT2D eigenvalue weighted by Gasteiger charge is 2.31. The maximum absolute atomic E-state index is 13.2. The molecule has 13 heteroatoms. The number of aromatic nitrogens is 3. The van der Waals surface area contributed by atoms with Crippen molar-refractivity contribution in [3.05, 3.63) is 81.5 Å². The molecule has 2 amide bonds. The number of carbonyl (C=O) groups excluding carboxylic acids is 2. The normalized spacial score (nSPS) is 14.2. The number of aryl methyl sites for hydroxylation is 1. The van der Waals surface area contributed by atoms with Gasteiger partial charge in [0.1, 0.15) is 28.4 Å². The number of nitrogens with zero attached hydrogens (tertiary/aromatic N) is 3. The zero-order valence-electron chi connectivity index (χ0n) is 19.9. The van der Waals surface area contributed by atoms with E-state index >= 15 is 0 Å². The summed E-state index contributed by atoms with van der Waals surface area (Å²) < 4.78 is 2.26. The molecule has 5 rings (SSSR count). The fourth-order valence-electron chi connectivity index (χ4n) is 4.10. The van der Waals surface area contributed by atoms with Crippen LogP contribution in [0.5, 0.6) is 0 Å². The van der Waals surface area contributed by atoms with Gasteiger partial charge in [-0.1, -0.05) is 30.3 Å². The lowest BCUT2D eigenvalue weighted by Crippen LogP contribution is -2.37. The molecule has 192 valence electrons. The Labute approximate surface area is 224 Å². The highest BCUT2D eigenvalue weighted by molar-refractivity contribution is 8.28. The molecule has 38 heavy (non-hydrogen) atoms. The van der Waals surface area contributed by atoms with Crippen molar-refractivity contribution >= 4 is 66.6 Å². The molecule has 3 aromatic heterocycles. The Morgan fingerprint density at radius 1 is 1.16 bits per heavy atom.